The Balaban J connectivity index is 1.31. The summed E-state index contributed by atoms with van der Waals surface area (Å²) in [5.74, 6) is 0.146. The molecule has 3 aromatic rings. The second-order valence-corrected chi connectivity index (χ2v) is 8.16. The number of nitrogens with one attached hydrogen (secondary N) is 1. The van der Waals surface area contributed by atoms with Gasteiger partial charge in [-0.3, -0.25) is 14.2 Å². The average molecular weight is 415 g/mol. The first-order valence-electron chi connectivity index (χ1n) is 9.41. The molecule has 1 saturated heterocycles. The molecule has 1 aliphatic heterocycles. The van der Waals surface area contributed by atoms with Gasteiger partial charge in [-0.1, -0.05) is 18.2 Å². The lowest BCUT2D eigenvalue weighted by molar-refractivity contribution is -0.131. The van der Waals surface area contributed by atoms with E-state index in [0.29, 0.717) is 28.9 Å². The van der Waals surface area contributed by atoms with Gasteiger partial charge in [-0.2, -0.15) is 0 Å². The molecule has 1 fully saturated rings. The van der Waals surface area contributed by atoms with Gasteiger partial charge in [0.05, 0.1) is 5.52 Å². The van der Waals surface area contributed by atoms with Crippen LogP contribution in [0, 0.1) is 4.77 Å². The van der Waals surface area contributed by atoms with Crippen LogP contribution < -0.4 is 10.5 Å². The van der Waals surface area contributed by atoms with Crippen LogP contribution in [-0.2, 0) is 11.3 Å². The third-order valence-corrected chi connectivity index (χ3v) is 6.34. The van der Waals surface area contributed by atoms with Gasteiger partial charge in [-0.05, 0) is 42.2 Å². The Morgan fingerprint density at radius 2 is 1.86 bits per heavy atom. The molecule has 1 N–H and O–H groups in total. The highest BCUT2D eigenvalue weighted by Crippen LogP contribution is 2.17. The van der Waals surface area contributed by atoms with E-state index >= 15 is 0 Å². The number of H-pyrrole nitrogens is 1. The molecular formula is C20H22N4O2S2. The molecule has 3 heterocycles. The fraction of sp³-hybridized carbons (Fsp3) is 0.350. The molecule has 0 unspecified atom stereocenters. The lowest BCUT2D eigenvalue weighted by Gasteiger charge is -2.36. The number of hydrogen-bond acceptors (Lipinski definition) is 5. The Kier molecular flexibility index (Phi) is 5.59. The summed E-state index contributed by atoms with van der Waals surface area (Å²) in [5.41, 5.74) is 1.91. The molecule has 0 saturated carbocycles. The van der Waals surface area contributed by atoms with E-state index in [0.717, 1.165) is 31.7 Å². The molecule has 28 heavy (non-hydrogen) atoms. The van der Waals surface area contributed by atoms with Crippen LogP contribution in [0.1, 0.15) is 12.8 Å². The summed E-state index contributed by atoms with van der Waals surface area (Å²) >= 11 is 6.71. The molecular weight excluding hydrogens is 392 g/mol. The van der Waals surface area contributed by atoms with Crippen LogP contribution in [0.15, 0.2) is 46.6 Å². The molecule has 2 aromatic heterocycles. The van der Waals surface area contributed by atoms with E-state index in [-0.39, 0.29) is 11.5 Å². The molecule has 1 aromatic carbocycles. The summed E-state index contributed by atoms with van der Waals surface area (Å²) in [6, 6.07) is 12.1. The minimum atomic E-state index is -0.0716. The number of carbonyl (C=O) groups excluding carboxylic acids is 1. The smallest absolute Gasteiger partial charge is 0.272 e. The van der Waals surface area contributed by atoms with Gasteiger partial charge in [-0.15, -0.1) is 11.3 Å². The predicted octanol–water partition coefficient (Wildman–Crippen LogP) is 3.25. The molecule has 1 amide bonds. The zero-order valence-corrected chi connectivity index (χ0v) is 17.1. The number of aromatic amines is 1. The fourth-order valence-electron chi connectivity index (χ4n) is 3.57. The monoisotopic (exact) mass is 414 g/mol. The Hall–Kier alpha value is -2.45. The third kappa shape index (κ3) is 3.88. The van der Waals surface area contributed by atoms with Crippen molar-refractivity contribution in [3.05, 3.63) is 56.9 Å². The molecule has 0 radical (unpaired) electrons. The number of aromatic nitrogens is 2. The standard InChI is InChI=1S/C20H22N4O2S2/c25-17(23-12-10-22(11-13-23)15-5-2-1-3-6-15)7-4-9-24-19(26)18-16(8-14-28-18)21-20(24)27/h1-3,5-6,8,14H,4,7,9-13H2,(H,21,27). The number of rotatable bonds is 5. The summed E-state index contributed by atoms with van der Waals surface area (Å²) in [5, 5.41) is 1.88. The van der Waals surface area contributed by atoms with Crippen LogP contribution in [0.25, 0.3) is 10.2 Å². The zero-order valence-electron chi connectivity index (χ0n) is 15.5. The maximum Gasteiger partial charge on any atom is 0.272 e. The number of hydrogen-bond donors (Lipinski definition) is 1. The average Bonchev–Trinajstić information content (AvgIpc) is 3.19. The third-order valence-electron chi connectivity index (χ3n) is 5.12. The second-order valence-electron chi connectivity index (χ2n) is 6.86. The summed E-state index contributed by atoms with van der Waals surface area (Å²) in [6.45, 7) is 3.60. The van der Waals surface area contributed by atoms with Crippen molar-refractivity contribution in [2.75, 3.05) is 31.1 Å². The van der Waals surface area contributed by atoms with Gasteiger partial charge < -0.3 is 14.8 Å². The van der Waals surface area contributed by atoms with E-state index in [1.807, 2.05) is 34.5 Å². The molecule has 6 nitrogen and oxygen atoms in total. The Morgan fingerprint density at radius 1 is 1.11 bits per heavy atom. The minimum absolute atomic E-state index is 0.0716. The second kappa shape index (κ2) is 8.28. The molecule has 4 rings (SSSR count). The van der Waals surface area contributed by atoms with E-state index in [1.54, 1.807) is 4.57 Å². The first-order chi connectivity index (χ1) is 13.6. The van der Waals surface area contributed by atoms with Crippen LogP contribution in [0.4, 0.5) is 5.69 Å². The summed E-state index contributed by atoms with van der Waals surface area (Å²) in [7, 11) is 0. The number of benzene rings is 1. The van der Waals surface area contributed by atoms with Gasteiger partial charge in [-0.25, -0.2) is 0 Å². The highest BCUT2D eigenvalue weighted by atomic mass is 32.1. The molecule has 1 aliphatic rings. The van der Waals surface area contributed by atoms with Crippen LogP contribution in [0.5, 0.6) is 0 Å². The number of piperazine rings is 1. The van der Waals surface area contributed by atoms with E-state index in [2.05, 4.69) is 22.0 Å². The highest BCUT2D eigenvalue weighted by molar-refractivity contribution is 7.71. The molecule has 146 valence electrons. The Morgan fingerprint density at radius 3 is 2.61 bits per heavy atom. The van der Waals surface area contributed by atoms with E-state index in [4.69, 9.17) is 12.2 Å². The SMILES string of the molecule is O=C(CCCn1c(=S)[nH]c2ccsc2c1=O)N1CCN(c2ccccc2)CC1. The lowest BCUT2D eigenvalue weighted by atomic mass is 10.2. The van der Waals surface area contributed by atoms with Gasteiger partial charge in [0.2, 0.25) is 5.91 Å². The number of thiophene rings is 1. The van der Waals surface area contributed by atoms with E-state index in [1.165, 1.54) is 17.0 Å². The predicted molar refractivity (Wildman–Crippen MR) is 116 cm³/mol. The van der Waals surface area contributed by atoms with Gasteiger partial charge >= 0.3 is 0 Å². The van der Waals surface area contributed by atoms with Crippen LogP contribution in [-0.4, -0.2) is 46.5 Å². The van der Waals surface area contributed by atoms with Gasteiger partial charge in [0.25, 0.3) is 5.56 Å². The van der Waals surface area contributed by atoms with Crippen molar-refractivity contribution < 1.29 is 4.79 Å². The minimum Gasteiger partial charge on any atom is -0.368 e. The van der Waals surface area contributed by atoms with E-state index < -0.39 is 0 Å². The Labute approximate surface area is 172 Å². The number of nitrogens with zero attached hydrogens (tertiary/aromatic N) is 3. The van der Waals surface area contributed by atoms with Crippen molar-refractivity contribution in [2.24, 2.45) is 0 Å². The van der Waals surface area contributed by atoms with Crippen molar-refractivity contribution in [1.29, 1.82) is 0 Å². The highest BCUT2D eigenvalue weighted by Gasteiger charge is 2.21. The first kappa shape index (κ1) is 18.9. The summed E-state index contributed by atoms with van der Waals surface area (Å²) in [6.07, 6.45) is 1.03. The number of fused-ring (bicyclic) bond motifs is 1. The number of carbonyl (C=O) groups is 1. The molecule has 0 atom stereocenters. The first-order valence-corrected chi connectivity index (χ1v) is 10.7. The maximum absolute atomic E-state index is 12.6. The lowest BCUT2D eigenvalue weighted by Crippen LogP contribution is -2.48. The van der Waals surface area contributed by atoms with Crippen molar-refractivity contribution in [2.45, 2.75) is 19.4 Å². The van der Waals surface area contributed by atoms with Crippen molar-refractivity contribution >= 4 is 45.4 Å². The van der Waals surface area contributed by atoms with Crippen molar-refractivity contribution in [1.82, 2.24) is 14.5 Å². The number of amides is 1. The largest absolute Gasteiger partial charge is 0.368 e. The summed E-state index contributed by atoms with van der Waals surface area (Å²) < 4.78 is 2.66. The van der Waals surface area contributed by atoms with Crippen molar-refractivity contribution in [3.63, 3.8) is 0 Å². The molecule has 8 heteroatoms. The topological polar surface area (TPSA) is 61.3 Å². The van der Waals surface area contributed by atoms with Gasteiger partial charge in [0.1, 0.15) is 4.70 Å². The maximum atomic E-state index is 12.6. The summed E-state index contributed by atoms with van der Waals surface area (Å²) in [4.78, 5) is 32.4. The molecule has 0 aliphatic carbocycles. The van der Waals surface area contributed by atoms with Crippen LogP contribution >= 0.6 is 23.6 Å². The number of para-hydroxylation sites is 1. The zero-order chi connectivity index (χ0) is 19.5. The van der Waals surface area contributed by atoms with E-state index in [9.17, 15) is 9.59 Å². The number of anilines is 1. The molecule has 0 spiro atoms. The Bertz CT molecular complexity index is 1080. The van der Waals surface area contributed by atoms with Gasteiger partial charge in [0, 0.05) is 44.8 Å². The van der Waals surface area contributed by atoms with Crippen molar-refractivity contribution in [3.8, 4) is 0 Å². The van der Waals surface area contributed by atoms with Gasteiger partial charge in [0.15, 0.2) is 4.77 Å². The van der Waals surface area contributed by atoms with Crippen LogP contribution in [0.2, 0.25) is 0 Å². The fourth-order valence-corrected chi connectivity index (χ4v) is 4.65. The quantitative estimate of drug-likeness (QED) is 0.651. The molecule has 0 bridgehead atoms. The van der Waals surface area contributed by atoms with Crippen LogP contribution in [0.3, 0.4) is 0 Å². The normalized spacial score (nSPS) is 14.6.